The number of carboxylic acids is 1. The van der Waals surface area contributed by atoms with Gasteiger partial charge in [0.05, 0.1) is 11.4 Å². The summed E-state index contributed by atoms with van der Waals surface area (Å²) in [5, 5.41) is 16.9. The van der Waals surface area contributed by atoms with Crippen molar-refractivity contribution in [1.82, 2.24) is 30.0 Å². The second-order valence-electron chi connectivity index (χ2n) is 11.5. The van der Waals surface area contributed by atoms with Crippen molar-refractivity contribution in [3.63, 3.8) is 0 Å². The van der Waals surface area contributed by atoms with Crippen LogP contribution in [0.4, 0.5) is 19.0 Å². The number of aryl methyl sites for hydroxylation is 2. The summed E-state index contributed by atoms with van der Waals surface area (Å²) in [5.41, 5.74) is 2.15. The third-order valence-corrected chi connectivity index (χ3v) is 8.44. The molecule has 2 saturated heterocycles. The van der Waals surface area contributed by atoms with Gasteiger partial charge in [0.1, 0.15) is 17.7 Å². The summed E-state index contributed by atoms with van der Waals surface area (Å²) in [6.07, 6.45) is -0.214. The summed E-state index contributed by atoms with van der Waals surface area (Å²) in [4.78, 5) is 26.2. The van der Waals surface area contributed by atoms with Gasteiger partial charge >= 0.3 is 12.1 Å². The van der Waals surface area contributed by atoms with Crippen molar-refractivity contribution < 1.29 is 27.8 Å². The average Bonchev–Trinajstić information content (AvgIpc) is 3.62. The molecule has 2 aliphatic rings. The van der Waals surface area contributed by atoms with Gasteiger partial charge < -0.3 is 20.1 Å². The van der Waals surface area contributed by atoms with Gasteiger partial charge in [-0.1, -0.05) is 12.1 Å². The summed E-state index contributed by atoms with van der Waals surface area (Å²) in [6.45, 7) is 5.18. The lowest BCUT2D eigenvalue weighted by atomic mass is 9.76. The number of piperidine rings is 1. The van der Waals surface area contributed by atoms with E-state index in [1.807, 2.05) is 4.90 Å². The van der Waals surface area contributed by atoms with Crippen LogP contribution in [0.3, 0.4) is 0 Å². The molecule has 1 aromatic carbocycles. The number of ether oxygens (including phenoxy) is 1. The van der Waals surface area contributed by atoms with Gasteiger partial charge in [-0.2, -0.15) is 23.3 Å². The van der Waals surface area contributed by atoms with E-state index >= 15 is 0 Å². The van der Waals surface area contributed by atoms with E-state index in [0.29, 0.717) is 43.1 Å². The fraction of sp³-hybridized carbons (Fsp3) is 0.387. The molecule has 0 aliphatic carbocycles. The number of hydrogen-bond acceptors (Lipinski definition) is 8. The van der Waals surface area contributed by atoms with Crippen molar-refractivity contribution in [2.75, 3.05) is 24.5 Å². The smallest absolute Gasteiger partial charge is 0.429 e. The number of nitrogens with zero attached hydrogens (tertiary/aromatic N) is 6. The predicted octanol–water partition coefficient (Wildman–Crippen LogP) is 5.06. The van der Waals surface area contributed by atoms with Crippen LogP contribution >= 0.6 is 0 Å². The zero-order valence-electron chi connectivity index (χ0n) is 24.3. The van der Waals surface area contributed by atoms with Gasteiger partial charge in [0.25, 0.3) is 0 Å². The van der Waals surface area contributed by atoms with Gasteiger partial charge in [0, 0.05) is 49.9 Å². The molecule has 230 valence electrons. The highest BCUT2D eigenvalue weighted by Gasteiger charge is 2.46. The molecule has 2 atom stereocenters. The van der Waals surface area contributed by atoms with Crippen molar-refractivity contribution >= 4 is 11.8 Å². The van der Waals surface area contributed by atoms with E-state index in [4.69, 9.17) is 4.74 Å². The number of nitrogens with one attached hydrogen (secondary N) is 1. The molecule has 3 aromatic heterocycles. The highest BCUT2D eigenvalue weighted by atomic mass is 19.4. The minimum Gasteiger partial charge on any atom is -0.480 e. The standard InChI is InChI=1S/C31H32F3N7O3/c1-19-7-12-41(39-19)25-15-22(21-5-10-35-11-6-21)3-4-23(25)28(31(32,33)34)44-27-16-26(37-20(2)38-27)40-13-8-30(9-14-40)17-24(29(42)43)36-18-30/h3-7,10-12,15-16,24,28,36H,8-9,13-14,17-18H2,1-2H3,(H,42,43)/t24-,28?/m0/s1. The van der Waals surface area contributed by atoms with Gasteiger partial charge in [-0.25, -0.2) is 9.67 Å². The van der Waals surface area contributed by atoms with Gasteiger partial charge in [-0.3, -0.25) is 9.78 Å². The van der Waals surface area contributed by atoms with Crippen LogP contribution in [0.25, 0.3) is 16.8 Å². The Bertz CT molecular complexity index is 1650. The number of halogens is 3. The number of pyridine rings is 1. The van der Waals surface area contributed by atoms with Gasteiger partial charge in [-0.05, 0) is 73.9 Å². The van der Waals surface area contributed by atoms with Crippen molar-refractivity contribution in [2.24, 2.45) is 5.41 Å². The maximum atomic E-state index is 14.8. The Morgan fingerprint density at radius 1 is 1.07 bits per heavy atom. The van der Waals surface area contributed by atoms with E-state index in [1.165, 1.54) is 16.8 Å². The fourth-order valence-corrected chi connectivity index (χ4v) is 6.09. The molecule has 1 unspecified atom stereocenters. The minimum atomic E-state index is -4.78. The van der Waals surface area contributed by atoms with Crippen LogP contribution < -0.4 is 15.0 Å². The number of benzene rings is 1. The molecule has 2 aliphatic heterocycles. The Morgan fingerprint density at radius 2 is 1.82 bits per heavy atom. The molecule has 13 heteroatoms. The lowest BCUT2D eigenvalue weighted by Crippen LogP contribution is -2.41. The first-order valence-electron chi connectivity index (χ1n) is 14.4. The van der Waals surface area contributed by atoms with Crippen molar-refractivity contribution in [1.29, 1.82) is 0 Å². The highest BCUT2D eigenvalue weighted by Crippen LogP contribution is 2.42. The number of anilines is 1. The third kappa shape index (κ3) is 6.09. The topological polar surface area (TPSA) is 118 Å². The number of aliphatic carboxylic acids is 1. The van der Waals surface area contributed by atoms with Gasteiger partial charge in [0.15, 0.2) is 0 Å². The molecule has 5 heterocycles. The summed E-state index contributed by atoms with van der Waals surface area (Å²) in [5.74, 6) is -0.290. The number of rotatable bonds is 7. The maximum absolute atomic E-state index is 14.8. The third-order valence-electron chi connectivity index (χ3n) is 8.44. The fourth-order valence-electron chi connectivity index (χ4n) is 6.09. The Labute approximate surface area is 251 Å². The van der Waals surface area contributed by atoms with Gasteiger partial charge in [-0.15, -0.1) is 0 Å². The second kappa shape index (κ2) is 11.5. The molecule has 2 N–H and O–H groups in total. The summed E-state index contributed by atoms with van der Waals surface area (Å²) in [7, 11) is 0. The van der Waals surface area contributed by atoms with E-state index in [-0.39, 0.29) is 28.4 Å². The molecule has 0 radical (unpaired) electrons. The largest absolute Gasteiger partial charge is 0.480 e. The normalized spacial score (nSPS) is 18.8. The summed E-state index contributed by atoms with van der Waals surface area (Å²) < 4.78 is 51.4. The Balaban J connectivity index is 1.30. The van der Waals surface area contributed by atoms with Crippen LogP contribution in [0.15, 0.2) is 61.1 Å². The second-order valence-corrected chi connectivity index (χ2v) is 11.5. The van der Waals surface area contributed by atoms with Crippen LogP contribution in [0, 0.1) is 19.3 Å². The zero-order valence-corrected chi connectivity index (χ0v) is 24.3. The average molecular weight is 608 g/mol. The molecule has 0 saturated carbocycles. The quantitative estimate of drug-likeness (QED) is 0.297. The molecule has 10 nitrogen and oxygen atoms in total. The first-order valence-corrected chi connectivity index (χ1v) is 14.4. The molecule has 1 spiro atoms. The van der Waals surface area contributed by atoms with Crippen molar-refractivity contribution in [3.8, 4) is 22.7 Å². The monoisotopic (exact) mass is 607 g/mol. The number of alkyl halides is 3. The Kier molecular flexibility index (Phi) is 7.74. The first-order chi connectivity index (χ1) is 21.0. The summed E-state index contributed by atoms with van der Waals surface area (Å²) >= 11 is 0. The lowest BCUT2D eigenvalue weighted by molar-refractivity contribution is -0.198. The molecule has 44 heavy (non-hydrogen) atoms. The van der Waals surface area contributed by atoms with Crippen molar-refractivity contribution in [3.05, 3.63) is 78.1 Å². The SMILES string of the molecule is Cc1ccn(-c2cc(-c3ccncc3)ccc2C(Oc2cc(N3CCC4(CC3)CN[C@H](C(=O)O)C4)nc(C)n2)C(F)(F)F)n1. The molecule has 4 aromatic rings. The number of carboxylic acid groups (broad SMARTS) is 1. The molecular weight excluding hydrogens is 575 g/mol. The van der Waals surface area contributed by atoms with Crippen LogP contribution in [0.1, 0.15) is 42.4 Å². The van der Waals surface area contributed by atoms with Crippen LogP contribution in [0.2, 0.25) is 0 Å². The van der Waals surface area contributed by atoms with E-state index in [2.05, 4.69) is 25.4 Å². The van der Waals surface area contributed by atoms with E-state index < -0.39 is 24.3 Å². The maximum Gasteiger partial charge on any atom is 0.429 e. The van der Waals surface area contributed by atoms with Gasteiger partial charge in [0.2, 0.25) is 12.0 Å². The van der Waals surface area contributed by atoms with Crippen molar-refractivity contribution in [2.45, 2.75) is 51.4 Å². The predicted molar refractivity (Wildman–Crippen MR) is 156 cm³/mol. The Hall–Kier alpha value is -4.52. The van der Waals surface area contributed by atoms with Crippen LogP contribution in [-0.4, -0.2) is 67.7 Å². The lowest BCUT2D eigenvalue weighted by Gasteiger charge is -2.39. The number of aromatic nitrogens is 5. The molecular formula is C31H32F3N7O3. The van der Waals surface area contributed by atoms with Crippen LogP contribution in [-0.2, 0) is 4.79 Å². The van der Waals surface area contributed by atoms with E-state index in [1.54, 1.807) is 62.8 Å². The van der Waals surface area contributed by atoms with E-state index in [0.717, 1.165) is 18.4 Å². The molecule has 6 rings (SSSR count). The highest BCUT2D eigenvalue weighted by molar-refractivity contribution is 5.74. The molecule has 0 amide bonds. The number of carbonyl (C=O) groups is 1. The number of hydrogen-bond donors (Lipinski definition) is 2. The minimum absolute atomic E-state index is 0.113. The Morgan fingerprint density at radius 3 is 2.45 bits per heavy atom. The molecule has 0 bridgehead atoms. The summed E-state index contributed by atoms with van der Waals surface area (Å²) in [6, 6.07) is 10.9. The first kappa shape index (κ1) is 29.5. The molecule has 2 fully saturated rings. The van der Waals surface area contributed by atoms with Crippen LogP contribution in [0.5, 0.6) is 5.88 Å². The zero-order chi connectivity index (χ0) is 31.1. The van der Waals surface area contributed by atoms with E-state index in [9.17, 15) is 23.1 Å².